The predicted molar refractivity (Wildman–Crippen MR) is 96.0 cm³/mol. The topological polar surface area (TPSA) is 116 Å². The highest BCUT2D eigenvalue weighted by atomic mass is 16.3. The molecule has 1 aromatic carbocycles. The summed E-state index contributed by atoms with van der Waals surface area (Å²) in [6.45, 7) is 2.84. The first kappa shape index (κ1) is 15.8. The molecule has 5 N–H and O–H groups in total. The summed E-state index contributed by atoms with van der Waals surface area (Å²) in [6, 6.07) is 8.49. The Balaban J connectivity index is 1.35. The molecule has 1 unspecified atom stereocenters. The molecule has 0 spiro atoms. The van der Waals surface area contributed by atoms with Gasteiger partial charge >= 0.3 is 0 Å². The quantitative estimate of drug-likeness (QED) is 0.542. The lowest BCUT2D eigenvalue weighted by Crippen LogP contribution is -2.39. The van der Waals surface area contributed by atoms with Gasteiger partial charge in [0.1, 0.15) is 17.4 Å². The van der Waals surface area contributed by atoms with Crippen LogP contribution in [0.4, 0.5) is 11.6 Å². The van der Waals surface area contributed by atoms with Crippen molar-refractivity contribution in [1.82, 2.24) is 25.1 Å². The van der Waals surface area contributed by atoms with Gasteiger partial charge < -0.3 is 16.2 Å². The lowest BCUT2D eigenvalue weighted by Gasteiger charge is -2.30. The number of H-pyrrole nitrogens is 1. The molecule has 1 atom stereocenters. The van der Waals surface area contributed by atoms with Crippen molar-refractivity contribution in [3.05, 3.63) is 41.7 Å². The number of aliphatic hydroxyl groups excluding tert-OH is 1. The number of β-amino-alcohol motifs (C(OH)–C–C–N with tert-alkyl or cyclic N) is 1. The predicted octanol–water partition coefficient (Wildman–Crippen LogP) is 0.766. The van der Waals surface area contributed by atoms with Crippen LogP contribution in [0.15, 0.2) is 30.6 Å². The number of hydrogen-bond donors (Lipinski definition) is 4. The number of nitrogen functional groups attached to an aromatic ring is 1. The van der Waals surface area contributed by atoms with Crippen LogP contribution in [0.5, 0.6) is 0 Å². The number of nitrogens with zero attached hydrogens (tertiary/aromatic N) is 4. The molecule has 2 aromatic heterocycles. The minimum Gasteiger partial charge on any atom is -0.390 e. The zero-order valence-corrected chi connectivity index (χ0v) is 13.8. The SMILES string of the molecule is Nc1ncnc2c(NCC(O)CN3CCc4ccccc4C3)n[nH]c12. The van der Waals surface area contributed by atoms with Crippen molar-refractivity contribution in [2.75, 3.05) is 30.7 Å². The first-order valence-corrected chi connectivity index (χ1v) is 8.36. The number of hydrogen-bond acceptors (Lipinski definition) is 7. The number of fused-ring (bicyclic) bond motifs is 2. The second-order valence-corrected chi connectivity index (χ2v) is 6.34. The molecule has 4 rings (SSSR count). The van der Waals surface area contributed by atoms with Crippen LogP contribution in [0, 0.1) is 0 Å². The zero-order chi connectivity index (χ0) is 17.2. The van der Waals surface area contributed by atoms with Gasteiger partial charge in [0.2, 0.25) is 0 Å². The Bertz CT molecular complexity index is 878. The van der Waals surface area contributed by atoms with Crippen molar-refractivity contribution in [3.8, 4) is 0 Å². The fourth-order valence-electron chi connectivity index (χ4n) is 3.26. The number of anilines is 2. The number of aromatic nitrogens is 4. The Labute approximate surface area is 145 Å². The Morgan fingerprint density at radius 3 is 3.00 bits per heavy atom. The van der Waals surface area contributed by atoms with Gasteiger partial charge in [-0.2, -0.15) is 5.10 Å². The summed E-state index contributed by atoms with van der Waals surface area (Å²) in [5, 5.41) is 20.5. The maximum atomic E-state index is 10.4. The number of nitrogens with one attached hydrogen (secondary N) is 2. The highest BCUT2D eigenvalue weighted by Gasteiger charge is 2.19. The molecular weight excluding hydrogens is 318 g/mol. The fourth-order valence-corrected chi connectivity index (χ4v) is 3.26. The number of benzene rings is 1. The number of rotatable bonds is 5. The van der Waals surface area contributed by atoms with Gasteiger partial charge in [-0.05, 0) is 17.5 Å². The molecule has 3 heterocycles. The molecule has 3 aromatic rings. The van der Waals surface area contributed by atoms with Crippen molar-refractivity contribution in [2.45, 2.75) is 19.1 Å². The maximum Gasteiger partial charge on any atom is 0.174 e. The summed E-state index contributed by atoms with van der Waals surface area (Å²) < 4.78 is 0. The lowest BCUT2D eigenvalue weighted by atomic mass is 10.00. The Morgan fingerprint density at radius 2 is 2.12 bits per heavy atom. The van der Waals surface area contributed by atoms with Gasteiger partial charge in [-0.25, -0.2) is 9.97 Å². The van der Waals surface area contributed by atoms with Crippen molar-refractivity contribution in [2.24, 2.45) is 0 Å². The standard InChI is InChI=1S/C17H21N7O/c18-16-14-15(20-10-21-16)17(23-22-14)19-7-13(25)9-24-6-5-11-3-1-2-4-12(11)8-24/h1-4,10,13,25H,5-9H2,(H2,18,20,21)(H2,19,22,23). The minimum atomic E-state index is -0.504. The van der Waals surface area contributed by atoms with Gasteiger partial charge in [0, 0.05) is 26.2 Å². The van der Waals surface area contributed by atoms with E-state index >= 15 is 0 Å². The molecule has 130 valence electrons. The Hall–Kier alpha value is -2.71. The molecule has 8 nitrogen and oxygen atoms in total. The third-order valence-corrected chi connectivity index (χ3v) is 4.56. The molecular formula is C17H21N7O. The largest absolute Gasteiger partial charge is 0.390 e. The number of aliphatic hydroxyl groups is 1. The van der Waals surface area contributed by atoms with E-state index in [1.807, 2.05) is 0 Å². The highest BCUT2D eigenvalue weighted by Crippen LogP contribution is 2.21. The van der Waals surface area contributed by atoms with Crippen molar-refractivity contribution >= 4 is 22.7 Å². The molecule has 1 aliphatic rings. The van der Waals surface area contributed by atoms with E-state index in [0.29, 0.717) is 35.8 Å². The van der Waals surface area contributed by atoms with Crippen molar-refractivity contribution in [1.29, 1.82) is 0 Å². The Morgan fingerprint density at radius 1 is 1.28 bits per heavy atom. The summed E-state index contributed by atoms with van der Waals surface area (Å²) >= 11 is 0. The molecule has 0 fully saturated rings. The molecule has 0 aliphatic carbocycles. The van der Waals surface area contributed by atoms with E-state index in [9.17, 15) is 5.11 Å². The highest BCUT2D eigenvalue weighted by molar-refractivity contribution is 5.91. The van der Waals surface area contributed by atoms with E-state index in [1.54, 1.807) is 0 Å². The van der Waals surface area contributed by atoms with Crippen molar-refractivity contribution < 1.29 is 5.11 Å². The van der Waals surface area contributed by atoms with Gasteiger partial charge in [0.05, 0.1) is 6.10 Å². The van der Waals surface area contributed by atoms with Crippen LogP contribution >= 0.6 is 0 Å². The van der Waals surface area contributed by atoms with Crippen LogP contribution in [0.2, 0.25) is 0 Å². The van der Waals surface area contributed by atoms with Crippen LogP contribution < -0.4 is 11.1 Å². The van der Waals surface area contributed by atoms with E-state index in [4.69, 9.17) is 5.73 Å². The van der Waals surface area contributed by atoms with E-state index in [0.717, 1.165) is 19.5 Å². The summed E-state index contributed by atoms with van der Waals surface area (Å²) in [5.41, 5.74) is 9.77. The second-order valence-electron chi connectivity index (χ2n) is 6.34. The fraction of sp³-hybridized carbons (Fsp3) is 0.353. The van der Waals surface area contributed by atoms with E-state index in [1.165, 1.54) is 17.5 Å². The van der Waals surface area contributed by atoms with Gasteiger partial charge in [-0.3, -0.25) is 10.00 Å². The molecule has 0 saturated carbocycles. The van der Waals surface area contributed by atoms with Gasteiger partial charge in [-0.1, -0.05) is 24.3 Å². The van der Waals surface area contributed by atoms with Crippen LogP contribution in [0.25, 0.3) is 11.0 Å². The third kappa shape index (κ3) is 3.26. The van der Waals surface area contributed by atoms with Crippen LogP contribution in [-0.2, 0) is 13.0 Å². The summed E-state index contributed by atoms with van der Waals surface area (Å²) in [7, 11) is 0. The molecule has 0 radical (unpaired) electrons. The maximum absolute atomic E-state index is 10.4. The minimum absolute atomic E-state index is 0.359. The monoisotopic (exact) mass is 339 g/mol. The molecule has 25 heavy (non-hydrogen) atoms. The average molecular weight is 339 g/mol. The molecule has 0 saturated heterocycles. The lowest BCUT2D eigenvalue weighted by molar-refractivity contribution is 0.114. The van der Waals surface area contributed by atoms with Crippen LogP contribution in [0.1, 0.15) is 11.1 Å². The summed E-state index contributed by atoms with van der Waals surface area (Å²) in [4.78, 5) is 10.4. The normalized spacial score (nSPS) is 15.9. The van der Waals surface area contributed by atoms with Gasteiger partial charge in [-0.15, -0.1) is 0 Å². The van der Waals surface area contributed by atoms with E-state index in [2.05, 4.69) is 54.6 Å². The van der Waals surface area contributed by atoms with E-state index in [-0.39, 0.29) is 0 Å². The Kier molecular flexibility index (Phi) is 4.21. The second kappa shape index (κ2) is 6.66. The average Bonchev–Trinajstić information content (AvgIpc) is 3.04. The smallest absolute Gasteiger partial charge is 0.174 e. The third-order valence-electron chi connectivity index (χ3n) is 4.56. The number of nitrogens with two attached hydrogens (primary N) is 1. The molecule has 0 bridgehead atoms. The zero-order valence-electron chi connectivity index (χ0n) is 13.8. The first-order chi connectivity index (χ1) is 12.2. The molecule has 8 heteroatoms. The van der Waals surface area contributed by atoms with Gasteiger partial charge in [0.25, 0.3) is 0 Å². The molecule has 1 aliphatic heterocycles. The van der Waals surface area contributed by atoms with Gasteiger partial charge in [0.15, 0.2) is 11.6 Å². The summed E-state index contributed by atoms with van der Waals surface area (Å²) in [5.74, 6) is 0.935. The first-order valence-electron chi connectivity index (χ1n) is 8.36. The van der Waals surface area contributed by atoms with Crippen molar-refractivity contribution in [3.63, 3.8) is 0 Å². The van der Waals surface area contributed by atoms with Crippen LogP contribution in [0.3, 0.4) is 0 Å². The molecule has 0 amide bonds. The van der Waals surface area contributed by atoms with E-state index < -0.39 is 6.10 Å². The number of aromatic amines is 1. The van der Waals surface area contributed by atoms with Crippen LogP contribution in [-0.4, -0.2) is 55.9 Å². The summed E-state index contributed by atoms with van der Waals surface area (Å²) in [6.07, 6.45) is 1.92.